The van der Waals surface area contributed by atoms with Crippen molar-refractivity contribution in [2.45, 2.75) is 0 Å². The Balaban J connectivity index is 2.24. The second kappa shape index (κ2) is 4.01. The molecule has 0 aliphatic carbocycles. The Hall–Kier alpha value is -1.76. The van der Waals surface area contributed by atoms with Crippen LogP contribution in [-0.2, 0) is 4.57 Å². The molecule has 0 amide bonds. The van der Waals surface area contributed by atoms with Crippen molar-refractivity contribution in [3.8, 4) is 11.8 Å². The highest BCUT2D eigenvalue weighted by Gasteiger charge is 2.19. The average Bonchev–Trinajstić information content (AvgIpc) is 2.65. The van der Waals surface area contributed by atoms with Gasteiger partial charge in [0, 0.05) is 6.20 Å². The van der Waals surface area contributed by atoms with Crippen molar-refractivity contribution in [1.82, 2.24) is 19.7 Å². The summed E-state index contributed by atoms with van der Waals surface area (Å²) >= 11 is 0. The lowest BCUT2D eigenvalue weighted by molar-refractivity contribution is 0.275. The molecule has 0 bridgehead atoms. The van der Waals surface area contributed by atoms with Gasteiger partial charge in [0.25, 0.3) is 0 Å². The summed E-state index contributed by atoms with van der Waals surface area (Å²) in [5.74, 6) is 0.468. The Morgan fingerprint density at radius 3 is 2.75 bits per heavy atom. The molecule has 0 saturated heterocycles. The minimum atomic E-state index is -4.62. The first-order chi connectivity index (χ1) is 7.54. The molecule has 9 heteroatoms. The molecule has 8 nitrogen and oxygen atoms in total. The first-order valence-corrected chi connectivity index (χ1v) is 5.66. The molecule has 0 radical (unpaired) electrons. The van der Waals surface area contributed by atoms with E-state index in [2.05, 4.69) is 19.6 Å². The highest BCUT2D eigenvalue weighted by Crippen LogP contribution is 2.35. The monoisotopic (exact) mass is 242 g/mol. The first-order valence-electron chi connectivity index (χ1n) is 4.13. The minimum Gasteiger partial charge on any atom is -0.367 e. The van der Waals surface area contributed by atoms with Gasteiger partial charge >= 0.3 is 13.8 Å². The summed E-state index contributed by atoms with van der Waals surface area (Å²) in [5, 5.41) is 3.69. The Bertz CT molecular complexity index is 522. The molecular formula is C7H7N4O4P. The summed E-state index contributed by atoms with van der Waals surface area (Å²) in [6.45, 7) is 0. The smallest absolute Gasteiger partial charge is 0.367 e. The molecule has 2 heterocycles. The van der Waals surface area contributed by atoms with E-state index in [0.717, 1.165) is 0 Å². The van der Waals surface area contributed by atoms with Gasteiger partial charge in [-0.15, -0.1) is 5.10 Å². The van der Waals surface area contributed by atoms with Gasteiger partial charge in [-0.1, -0.05) is 6.07 Å². The van der Waals surface area contributed by atoms with Crippen LogP contribution in [0, 0.1) is 0 Å². The van der Waals surface area contributed by atoms with Crippen molar-refractivity contribution in [2.75, 3.05) is 0 Å². The lowest BCUT2D eigenvalue weighted by Crippen LogP contribution is -1.98. The van der Waals surface area contributed by atoms with Gasteiger partial charge in [0.15, 0.2) is 5.82 Å². The molecule has 0 fully saturated rings. The first kappa shape index (κ1) is 10.7. The van der Waals surface area contributed by atoms with Crippen LogP contribution in [0.3, 0.4) is 0 Å². The van der Waals surface area contributed by atoms with Crippen molar-refractivity contribution in [1.29, 1.82) is 0 Å². The van der Waals surface area contributed by atoms with Gasteiger partial charge in [-0.05, 0) is 12.1 Å². The zero-order valence-corrected chi connectivity index (χ0v) is 8.73. The molecule has 2 aromatic rings. The van der Waals surface area contributed by atoms with E-state index in [1.54, 1.807) is 24.4 Å². The summed E-state index contributed by atoms with van der Waals surface area (Å²) in [6.07, 6.45) is 2.80. The second-order valence-corrected chi connectivity index (χ2v) is 3.91. The molecule has 0 atom stereocenters. The molecule has 0 saturated carbocycles. The molecule has 2 aromatic heterocycles. The Morgan fingerprint density at radius 2 is 2.12 bits per heavy atom. The number of hydrogen-bond acceptors (Lipinski definition) is 5. The minimum absolute atomic E-state index is 0.404. The summed E-state index contributed by atoms with van der Waals surface area (Å²) in [5.41, 5.74) is 0. The van der Waals surface area contributed by atoms with E-state index in [1.165, 1.54) is 11.0 Å². The van der Waals surface area contributed by atoms with Crippen LogP contribution in [0.4, 0.5) is 0 Å². The fraction of sp³-hybridized carbons (Fsp3) is 0. The van der Waals surface area contributed by atoms with E-state index in [4.69, 9.17) is 9.79 Å². The maximum Gasteiger partial charge on any atom is 0.527 e. The second-order valence-electron chi connectivity index (χ2n) is 2.74. The lowest BCUT2D eigenvalue weighted by atomic mass is 10.5. The maximum atomic E-state index is 10.5. The topological polar surface area (TPSA) is 110 Å². The van der Waals surface area contributed by atoms with E-state index in [0.29, 0.717) is 5.82 Å². The molecule has 2 N–H and O–H groups in total. The van der Waals surface area contributed by atoms with Crippen LogP contribution in [0.2, 0.25) is 0 Å². The summed E-state index contributed by atoms with van der Waals surface area (Å²) in [4.78, 5) is 24.6. The SMILES string of the molecule is O=P(O)(O)Oc1ncn(-c2ccccn2)n1. The lowest BCUT2D eigenvalue weighted by Gasteiger charge is -2.00. The third-order valence-corrected chi connectivity index (χ3v) is 1.96. The molecule has 0 unspecified atom stereocenters. The normalized spacial score (nSPS) is 11.4. The molecule has 0 aliphatic heterocycles. The zero-order valence-electron chi connectivity index (χ0n) is 7.83. The van der Waals surface area contributed by atoms with Crippen molar-refractivity contribution in [3.63, 3.8) is 0 Å². The van der Waals surface area contributed by atoms with Gasteiger partial charge in [0.05, 0.1) is 0 Å². The fourth-order valence-electron chi connectivity index (χ4n) is 0.996. The summed E-state index contributed by atoms with van der Waals surface area (Å²) in [6, 6.07) is 4.73. The predicted octanol–water partition coefficient (Wildman–Crippen LogP) is 0.134. The highest BCUT2D eigenvalue weighted by molar-refractivity contribution is 7.46. The fourth-order valence-corrected chi connectivity index (χ4v) is 1.29. The van der Waals surface area contributed by atoms with E-state index in [9.17, 15) is 4.57 Å². The van der Waals surface area contributed by atoms with Crippen LogP contribution < -0.4 is 4.52 Å². The third-order valence-electron chi connectivity index (χ3n) is 1.56. The van der Waals surface area contributed by atoms with Gasteiger partial charge in [-0.2, -0.15) is 9.67 Å². The van der Waals surface area contributed by atoms with E-state index in [1.807, 2.05) is 0 Å². The Labute approximate surface area is 89.8 Å². The van der Waals surface area contributed by atoms with E-state index in [-0.39, 0.29) is 0 Å². The molecule has 0 aromatic carbocycles. The van der Waals surface area contributed by atoms with Crippen LogP contribution in [0.25, 0.3) is 5.82 Å². The number of phosphoric ester groups is 1. The van der Waals surface area contributed by atoms with Crippen molar-refractivity contribution < 1.29 is 18.9 Å². The average molecular weight is 242 g/mol. The predicted molar refractivity (Wildman–Crippen MR) is 51.8 cm³/mol. The molecule has 0 spiro atoms. The molecule has 84 valence electrons. The van der Waals surface area contributed by atoms with Crippen molar-refractivity contribution >= 4 is 7.82 Å². The van der Waals surface area contributed by atoms with Gasteiger partial charge in [-0.25, -0.2) is 9.55 Å². The van der Waals surface area contributed by atoms with Crippen LogP contribution >= 0.6 is 7.82 Å². The number of pyridine rings is 1. The molecule has 16 heavy (non-hydrogen) atoms. The Morgan fingerprint density at radius 1 is 1.31 bits per heavy atom. The largest absolute Gasteiger partial charge is 0.527 e. The van der Waals surface area contributed by atoms with Gasteiger partial charge in [0.2, 0.25) is 0 Å². The summed E-state index contributed by atoms with van der Waals surface area (Å²) in [7, 11) is -4.62. The van der Waals surface area contributed by atoms with Crippen LogP contribution in [0.15, 0.2) is 30.7 Å². The molecular weight excluding hydrogens is 235 g/mol. The number of rotatable bonds is 3. The van der Waals surface area contributed by atoms with Crippen molar-refractivity contribution in [2.24, 2.45) is 0 Å². The molecule has 2 rings (SSSR count). The van der Waals surface area contributed by atoms with E-state index < -0.39 is 13.8 Å². The van der Waals surface area contributed by atoms with Crippen LogP contribution in [0.1, 0.15) is 0 Å². The highest BCUT2D eigenvalue weighted by atomic mass is 31.2. The maximum absolute atomic E-state index is 10.5. The van der Waals surface area contributed by atoms with E-state index >= 15 is 0 Å². The number of nitrogens with zero attached hydrogens (tertiary/aromatic N) is 4. The van der Waals surface area contributed by atoms with Gasteiger partial charge < -0.3 is 4.52 Å². The van der Waals surface area contributed by atoms with Crippen LogP contribution in [0.5, 0.6) is 6.01 Å². The number of phosphoric acid groups is 1. The number of aromatic nitrogens is 4. The zero-order chi connectivity index (χ0) is 11.6. The Kier molecular flexibility index (Phi) is 2.69. The summed E-state index contributed by atoms with van der Waals surface area (Å²) < 4.78 is 16.0. The third kappa shape index (κ3) is 2.63. The standard InChI is InChI=1S/C7H7N4O4P/c12-16(13,14)15-7-9-5-11(10-7)6-3-1-2-4-8-6/h1-5H,(H2,12,13,14). The quantitative estimate of drug-likeness (QED) is 0.736. The molecule has 0 aliphatic rings. The van der Waals surface area contributed by atoms with Crippen LogP contribution in [-0.4, -0.2) is 29.5 Å². The van der Waals surface area contributed by atoms with Gasteiger partial charge in [0.1, 0.15) is 6.33 Å². The van der Waals surface area contributed by atoms with Gasteiger partial charge in [-0.3, -0.25) is 9.79 Å². The van der Waals surface area contributed by atoms with Crippen molar-refractivity contribution in [3.05, 3.63) is 30.7 Å². The number of hydrogen-bond donors (Lipinski definition) is 2.